The lowest BCUT2D eigenvalue weighted by atomic mass is 9.91. The van der Waals surface area contributed by atoms with Gasteiger partial charge in [0.05, 0.1) is 27.8 Å². The molecule has 12 aromatic carbocycles. The van der Waals surface area contributed by atoms with Crippen LogP contribution in [0.25, 0.3) is 144 Å². The molecule has 5 nitrogen and oxygen atoms in total. The molecule has 15 rings (SSSR count). The van der Waals surface area contributed by atoms with Crippen LogP contribution in [0.3, 0.4) is 0 Å². The van der Waals surface area contributed by atoms with Gasteiger partial charge in [-0.1, -0.05) is 206 Å². The van der Waals surface area contributed by atoms with Gasteiger partial charge in [-0.15, -0.1) is 0 Å². The lowest BCUT2D eigenvalue weighted by Gasteiger charge is -2.21. The van der Waals surface area contributed by atoms with Crippen LogP contribution in [0.5, 0.6) is 0 Å². The summed E-state index contributed by atoms with van der Waals surface area (Å²) in [4.78, 5) is 16.5. The summed E-state index contributed by atoms with van der Waals surface area (Å²) >= 11 is 0. The molecule has 0 unspecified atom stereocenters. The van der Waals surface area contributed by atoms with E-state index in [-0.39, 0.29) is 0 Å². The number of hydrogen-bond acceptors (Lipinski definition) is 3. The van der Waals surface area contributed by atoms with E-state index < -0.39 is 0 Å². The summed E-state index contributed by atoms with van der Waals surface area (Å²) in [5.74, 6) is 1.79. The molecule has 3 heterocycles. The van der Waals surface area contributed by atoms with Gasteiger partial charge in [0.1, 0.15) is 0 Å². The predicted octanol–water partition coefficient (Wildman–Crippen LogP) is 17.9. The largest absolute Gasteiger partial charge is 0.309 e. The van der Waals surface area contributed by atoms with E-state index in [9.17, 15) is 0 Å². The number of nitrogens with zero attached hydrogens (tertiary/aromatic N) is 5. The summed E-state index contributed by atoms with van der Waals surface area (Å²) in [5.41, 5.74) is 13.8. The fourth-order valence-corrected chi connectivity index (χ4v) is 11.6. The van der Waals surface area contributed by atoms with Gasteiger partial charge in [0, 0.05) is 54.9 Å². The molecule has 74 heavy (non-hydrogen) atoms. The van der Waals surface area contributed by atoms with Crippen molar-refractivity contribution in [2.45, 2.75) is 0 Å². The normalized spacial score (nSPS) is 11.8. The number of rotatable bonds is 7. The van der Waals surface area contributed by atoms with E-state index in [1.807, 2.05) is 18.2 Å². The molecular weight excluding hydrogens is 899 g/mol. The maximum Gasteiger partial charge on any atom is 0.166 e. The van der Waals surface area contributed by atoms with Crippen LogP contribution in [0, 0.1) is 0 Å². The third kappa shape index (κ3) is 6.60. The van der Waals surface area contributed by atoms with Crippen molar-refractivity contribution in [1.82, 2.24) is 24.1 Å². The summed E-state index contributed by atoms with van der Waals surface area (Å²) in [7, 11) is 0. The first kappa shape index (κ1) is 41.8. The number of para-hydroxylation sites is 3. The van der Waals surface area contributed by atoms with Crippen molar-refractivity contribution in [1.29, 1.82) is 0 Å². The maximum atomic E-state index is 5.64. The standard InChI is InChI=1S/C69H43N5/c1-5-20-44(21-6-1)50-36-38-53-58(40-50)66(74-62-39-37-46-24-15-16-31-52(46)64(62)60-41-48-27-13-14-28-49(48)42-63(60)74)57(45-22-7-2-8-23-45)43-59(53)69-71-67(47-25-9-3-10-26-47)70-68(72-69)56-34-19-33-55-54-32-17-18-35-61(54)73(65(55)56)51-29-11-4-12-30-51/h1-43H. The average Bonchev–Trinajstić information content (AvgIpc) is 3.99. The van der Waals surface area contributed by atoms with Crippen molar-refractivity contribution in [3.8, 4) is 67.8 Å². The molecule has 0 bridgehead atoms. The Morgan fingerprint density at radius 2 is 0.851 bits per heavy atom. The molecule has 0 aliphatic carbocycles. The maximum absolute atomic E-state index is 5.64. The lowest BCUT2D eigenvalue weighted by molar-refractivity contribution is 1.07. The van der Waals surface area contributed by atoms with Crippen LogP contribution in [-0.2, 0) is 0 Å². The van der Waals surface area contributed by atoms with E-state index in [2.05, 4.69) is 252 Å². The van der Waals surface area contributed by atoms with Gasteiger partial charge >= 0.3 is 0 Å². The highest BCUT2D eigenvalue weighted by atomic mass is 15.1. The SMILES string of the molecule is c1ccc(-c2ccc3c(-c4nc(-c5ccccc5)nc(-c5cccc6c7ccccc7n(-c7ccccc7)c56)n4)cc(-c4ccccc4)c(-n4c5cc6ccccc6cc5c5c6ccccc6ccc54)c3c2)cc1. The summed E-state index contributed by atoms with van der Waals surface area (Å²) in [5, 5.41) is 11.7. The van der Waals surface area contributed by atoms with Crippen LogP contribution in [-0.4, -0.2) is 24.1 Å². The second-order valence-electron chi connectivity index (χ2n) is 19.1. The summed E-state index contributed by atoms with van der Waals surface area (Å²) in [6.07, 6.45) is 0. The smallest absolute Gasteiger partial charge is 0.166 e. The minimum absolute atomic E-state index is 0.591. The van der Waals surface area contributed by atoms with Crippen LogP contribution < -0.4 is 0 Å². The molecule has 0 amide bonds. The first-order chi connectivity index (χ1) is 36.7. The fraction of sp³-hybridized carbons (Fsp3) is 0. The van der Waals surface area contributed by atoms with Gasteiger partial charge in [-0.25, -0.2) is 15.0 Å². The molecule has 0 spiro atoms. The zero-order valence-corrected chi connectivity index (χ0v) is 40.1. The van der Waals surface area contributed by atoms with E-state index in [4.69, 9.17) is 15.0 Å². The zero-order chi connectivity index (χ0) is 48.7. The lowest BCUT2D eigenvalue weighted by Crippen LogP contribution is -2.04. The molecule has 3 aromatic heterocycles. The van der Waals surface area contributed by atoms with Gasteiger partial charge in [0.25, 0.3) is 0 Å². The molecule has 0 fully saturated rings. The Bertz CT molecular complexity index is 4690. The van der Waals surface area contributed by atoms with E-state index >= 15 is 0 Å². The van der Waals surface area contributed by atoms with Gasteiger partial charge < -0.3 is 9.13 Å². The summed E-state index contributed by atoms with van der Waals surface area (Å²) in [6, 6.07) is 93.7. The van der Waals surface area contributed by atoms with Gasteiger partial charge in [0.2, 0.25) is 0 Å². The average molecular weight is 942 g/mol. The number of benzene rings is 12. The molecular formula is C69H43N5. The van der Waals surface area contributed by atoms with Crippen LogP contribution in [0.2, 0.25) is 0 Å². The molecule has 0 aliphatic rings. The molecule has 0 saturated carbocycles. The number of hydrogen-bond donors (Lipinski definition) is 0. The molecule has 0 radical (unpaired) electrons. The molecule has 0 N–H and O–H groups in total. The monoisotopic (exact) mass is 941 g/mol. The second kappa shape index (κ2) is 16.8. The Morgan fingerprint density at radius 3 is 1.61 bits per heavy atom. The molecule has 0 atom stereocenters. The second-order valence-corrected chi connectivity index (χ2v) is 19.1. The van der Waals surface area contributed by atoms with Crippen LogP contribution in [0.15, 0.2) is 261 Å². The zero-order valence-electron chi connectivity index (χ0n) is 40.1. The minimum atomic E-state index is 0.591. The molecule has 0 saturated heterocycles. The van der Waals surface area contributed by atoms with Crippen LogP contribution in [0.4, 0.5) is 0 Å². The number of aromatic nitrogens is 5. The highest BCUT2D eigenvalue weighted by molar-refractivity contribution is 6.24. The van der Waals surface area contributed by atoms with Crippen molar-refractivity contribution in [2.75, 3.05) is 0 Å². The van der Waals surface area contributed by atoms with Crippen LogP contribution >= 0.6 is 0 Å². The third-order valence-electron chi connectivity index (χ3n) is 14.9. The van der Waals surface area contributed by atoms with Crippen molar-refractivity contribution in [3.05, 3.63) is 261 Å². The first-order valence-corrected chi connectivity index (χ1v) is 25.2. The van der Waals surface area contributed by atoms with Crippen LogP contribution in [0.1, 0.15) is 0 Å². The minimum Gasteiger partial charge on any atom is -0.309 e. The highest BCUT2D eigenvalue weighted by Crippen LogP contribution is 2.47. The Kier molecular flexibility index (Phi) is 9.50. The number of fused-ring (bicyclic) bond motifs is 10. The highest BCUT2D eigenvalue weighted by Gasteiger charge is 2.26. The van der Waals surface area contributed by atoms with Gasteiger partial charge in [0.15, 0.2) is 17.5 Å². The van der Waals surface area contributed by atoms with Crippen molar-refractivity contribution < 1.29 is 0 Å². The van der Waals surface area contributed by atoms with Gasteiger partial charge in [-0.05, 0) is 98.2 Å². The Balaban J connectivity index is 1.09. The fourth-order valence-electron chi connectivity index (χ4n) is 11.6. The molecule has 5 heteroatoms. The Labute approximate surface area is 426 Å². The van der Waals surface area contributed by atoms with Crippen molar-refractivity contribution in [3.63, 3.8) is 0 Å². The topological polar surface area (TPSA) is 48.5 Å². The first-order valence-electron chi connectivity index (χ1n) is 25.2. The van der Waals surface area contributed by atoms with Gasteiger partial charge in [-0.2, -0.15) is 0 Å². The van der Waals surface area contributed by atoms with Crippen molar-refractivity contribution in [2.24, 2.45) is 0 Å². The van der Waals surface area contributed by atoms with E-state index in [0.29, 0.717) is 17.5 Å². The van der Waals surface area contributed by atoms with Crippen molar-refractivity contribution >= 4 is 75.9 Å². The predicted molar refractivity (Wildman–Crippen MR) is 308 cm³/mol. The molecule has 344 valence electrons. The third-order valence-corrected chi connectivity index (χ3v) is 14.9. The van der Waals surface area contributed by atoms with Gasteiger partial charge in [-0.3, -0.25) is 0 Å². The quantitative estimate of drug-likeness (QED) is 0.160. The van der Waals surface area contributed by atoms with E-state index in [1.54, 1.807) is 0 Å². The summed E-state index contributed by atoms with van der Waals surface area (Å²) < 4.78 is 4.89. The Hall–Kier alpha value is -9.97. The van der Waals surface area contributed by atoms with E-state index in [1.165, 1.54) is 37.7 Å². The summed E-state index contributed by atoms with van der Waals surface area (Å²) in [6.45, 7) is 0. The molecule has 15 aromatic rings. The van der Waals surface area contributed by atoms with E-state index in [0.717, 1.165) is 88.5 Å². The Morgan fingerprint density at radius 1 is 0.257 bits per heavy atom. The molecule has 0 aliphatic heterocycles.